The van der Waals surface area contributed by atoms with Crippen molar-refractivity contribution < 1.29 is 4.79 Å². The molecule has 0 bridgehead atoms. The van der Waals surface area contributed by atoms with Gasteiger partial charge in [0.15, 0.2) is 0 Å². The van der Waals surface area contributed by atoms with Gasteiger partial charge in [-0.3, -0.25) is 9.48 Å². The van der Waals surface area contributed by atoms with Crippen LogP contribution in [0.3, 0.4) is 0 Å². The molecule has 1 amide bonds. The van der Waals surface area contributed by atoms with Crippen molar-refractivity contribution in [2.45, 2.75) is 33.2 Å². The van der Waals surface area contributed by atoms with Crippen molar-refractivity contribution in [2.75, 3.05) is 13.1 Å². The average Bonchev–Trinajstić information content (AvgIpc) is 3.29. The first-order valence-electron chi connectivity index (χ1n) is 8.91. The largest absolute Gasteiger partial charge is 0.339 e. The van der Waals surface area contributed by atoms with E-state index in [9.17, 15) is 4.79 Å². The van der Waals surface area contributed by atoms with Crippen molar-refractivity contribution in [1.82, 2.24) is 19.7 Å². The molecule has 0 spiro atoms. The van der Waals surface area contributed by atoms with E-state index in [1.165, 1.54) is 0 Å². The van der Waals surface area contributed by atoms with Gasteiger partial charge in [-0.15, -0.1) is 0 Å². The summed E-state index contributed by atoms with van der Waals surface area (Å²) in [4.78, 5) is 19.8. The predicted molar refractivity (Wildman–Crippen MR) is 98.5 cm³/mol. The van der Waals surface area contributed by atoms with Crippen LogP contribution in [-0.2, 0) is 6.54 Å². The molecular weight excluding hydrogens is 312 g/mol. The fourth-order valence-corrected chi connectivity index (χ4v) is 3.51. The molecule has 0 saturated carbocycles. The van der Waals surface area contributed by atoms with Gasteiger partial charge in [-0.2, -0.15) is 5.10 Å². The summed E-state index contributed by atoms with van der Waals surface area (Å²) in [7, 11) is 0. The van der Waals surface area contributed by atoms with Crippen LogP contribution < -0.4 is 0 Å². The van der Waals surface area contributed by atoms with Crippen molar-refractivity contribution in [1.29, 1.82) is 0 Å². The number of fused-ring (bicyclic) bond motifs is 1. The molecule has 3 aromatic rings. The van der Waals surface area contributed by atoms with E-state index in [0.717, 1.165) is 65.9 Å². The zero-order valence-corrected chi connectivity index (χ0v) is 14.7. The molecule has 1 aliphatic heterocycles. The fourth-order valence-electron chi connectivity index (χ4n) is 3.51. The van der Waals surface area contributed by atoms with E-state index in [1.54, 1.807) is 0 Å². The second kappa shape index (κ2) is 6.31. The van der Waals surface area contributed by atoms with E-state index in [-0.39, 0.29) is 5.91 Å². The number of para-hydroxylation sites is 1. The Labute approximate surface area is 147 Å². The Bertz CT molecular complexity index is 938. The lowest BCUT2D eigenvalue weighted by atomic mass is 10.0. The molecule has 2 aromatic heterocycles. The second-order valence-corrected chi connectivity index (χ2v) is 6.56. The number of amides is 1. The minimum absolute atomic E-state index is 0.109. The van der Waals surface area contributed by atoms with Gasteiger partial charge >= 0.3 is 0 Å². The number of nitrogens with zero attached hydrogens (tertiary/aromatic N) is 4. The number of benzene rings is 1. The number of aryl methyl sites for hydroxylation is 2. The quantitative estimate of drug-likeness (QED) is 0.734. The maximum atomic E-state index is 13.1. The Hall–Kier alpha value is -2.69. The zero-order chi connectivity index (χ0) is 17.4. The van der Waals surface area contributed by atoms with E-state index in [2.05, 4.69) is 12.0 Å². The molecule has 0 aliphatic carbocycles. The number of rotatable bonds is 3. The van der Waals surface area contributed by atoms with Gasteiger partial charge in [0.05, 0.1) is 22.5 Å². The normalized spacial score (nSPS) is 14.4. The van der Waals surface area contributed by atoms with Gasteiger partial charge in [0.1, 0.15) is 0 Å². The Kier molecular flexibility index (Phi) is 3.99. The van der Waals surface area contributed by atoms with Crippen molar-refractivity contribution >= 4 is 16.8 Å². The van der Waals surface area contributed by atoms with Crippen LogP contribution in [0.2, 0.25) is 0 Å². The van der Waals surface area contributed by atoms with Crippen LogP contribution in [-0.4, -0.2) is 38.7 Å². The highest BCUT2D eigenvalue weighted by molar-refractivity contribution is 6.07. The third kappa shape index (κ3) is 2.80. The third-order valence-electron chi connectivity index (χ3n) is 4.89. The van der Waals surface area contributed by atoms with Crippen molar-refractivity contribution in [2.24, 2.45) is 0 Å². The van der Waals surface area contributed by atoms with Crippen LogP contribution in [0.5, 0.6) is 0 Å². The van der Waals surface area contributed by atoms with Gasteiger partial charge in [-0.25, -0.2) is 4.98 Å². The summed E-state index contributed by atoms with van der Waals surface area (Å²) in [6.07, 6.45) is 4.19. The van der Waals surface area contributed by atoms with Crippen LogP contribution >= 0.6 is 0 Å². The molecule has 5 heteroatoms. The Morgan fingerprint density at radius 3 is 2.68 bits per heavy atom. The third-order valence-corrected chi connectivity index (χ3v) is 4.89. The monoisotopic (exact) mass is 334 g/mol. The van der Waals surface area contributed by atoms with Gasteiger partial charge in [-0.1, -0.05) is 18.2 Å². The maximum absolute atomic E-state index is 13.1. The Balaban J connectivity index is 1.88. The summed E-state index contributed by atoms with van der Waals surface area (Å²) in [5.74, 6) is 0.109. The molecule has 3 heterocycles. The van der Waals surface area contributed by atoms with E-state index >= 15 is 0 Å². The smallest absolute Gasteiger partial charge is 0.254 e. The number of hydrogen-bond donors (Lipinski definition) is 0. The summed E-state index contributed by atoms with van der Waals surface area (Å²) in [5.41, 5.74) is 4.34. The summed E-state index contributed by atoms with van der Waals surface area (Å²) in [6.45, 7) is 6.55. The van der Waals surface area contributed by atoms with Gasteiger partial charge in [0, 0.05) is 36.8 Å². The first kappa shape index (κ1) is 15.8. The SMILES string of the molecule is CCn1cc(-c2cc(C(=O)N3CCCC3)c3ccccc3n2)c(C)n1. The first-order chi connectivity index (χ1) is 12.2. The highest BCUT2D eigenvalue weighted by Crippen LogP contribution is 2.28. The first-order valence-corrected chi connectivity index (χ1v) is 8.91. The van der Waals surface area contributed by atoms with Crippen LogP contribution in [0.4, 0.5) is 0 Å². The summed E-state index contributed by atoms with van der Waals surface area (Å²) in [5, 5.41) is 5.44. The Morgan fingerprint density at radius 2 is 1.96 bits per heavy atom. The maximum Gasteiger partial charge on any atom is 0.254 e. The van der Waals surface area contributed by atoms with Crippen LogP contribution in [0.1, 0.15) is 35.8 Å². The number of likely N-dealkylation sites (tertiary alicyclic amines) is 1. The van der Waals surface area contributed by atoms with Gasteiger partial charge < -0.3 is 4.90 Å². The standard InChI is InChI=1S/C20H22N4O/c1-3-24-13-17(14(2)22-24)19-12-16(20(25)23-10-6-7-11-23)15-8-4-5-9-18(15)21-19/h4-5,8-9,12-13H,3,6-7,10-11H2,1-2H3. The highest BCUT2D eigenvalue weighted by Gasteiger charge is 2.23. The molecule has 0 atom stereocenters. The van der Waals surface area contributed by atoms with Crippen molar-refractivity contribution in [3.05, 3.63) is 47.8 Å². The molecule has 128 valence electrons. The lowest BCUT2D eigenvalue weighted by molar-refractivity contribution is 0.0794. The minimum atomic E-state index is 0.109. The number of pyridine rings is 1. The summed E-state index contributed by atoms with van der Waals surface area (Å²) >= 11 is 0. The van der Waals surface area contributed by atoms with Crippen LogP contribution in [0, 0.1) is 6.92 Å². The zero-order valence-electron chi connectivity index (χ0n) is 14.7. The molecule has 0 radical (unpaired) electrons. The van der Waals surface area contributed by atoms with Crippen molar-refractivity contribution in [3.63, 3.8) is 0 Å². The molecular formula is C20H22N4O. The van der Waals surface area contributed by atoms with Gasteiger partial charge in [0.2, 0.25) is 0 Å². The van der Waals surface area contributed by atoms with Crippen LogP contribution in [0.25, 0.3) is 22.2 Å². The number of aromatic nitrogens is 3. The predicted octanol–water partition coefficient (Wildman–Crippen LogP) is 3.66. The van der Waals surface area contributed by atoms with E-state index in [0.29, 0.717) is 0 Å². The summed E-state index contributed by atoms with van der Waals surface area (Å²) < 4.78 is 1.91. The molecule has 1 saturated heterocycles. The lowest BCUT2D eigenvalue weighted by Gasteiger charge is -2.17. The Morgan fingerprint density at radius 1 is 1.20 bits per heavy atom. The molecule has 0 unspecified atom stereocenters. The number of carbonyl (C=O) groups excluding carboxylic acids is 1. The molecule has 0 N–H and O–H groups in total. The number of carbonyl (C=O) groups is 1. The summed E-state index contributed by atoms with van der Waals surface area (Å²) in [6, 6.07) is 9.82. The fraction of sp³-hybridized carbons (Fsp3) is 0.350. The minimum Gasteiger partial charge on any atom is -0.339 e. The molecule has 1 fully saturated rings. The van der Waals surface area contributed by atoms with Gasteiger partial charge in [-0.05, 0) is 38.8 Å². The lowest BCUT2D eigenvalue weighted by Crippen LogP contribution is -2.27. The van der Waals surface area contributed by atoms with Crippen LogP contribution in [0.15, 0.2) is 36.5 Å². The van der Waals surface area contributed by atoms with E-state index in [1.807, 2.05) is 53.0 Å². The molecule has 1 aliphatic rings. The topological polar surface area (TPSA) is 51.0 Å². The van der Waals surface area contributed by atoms with Crippen molar-refractivity contribution in [3.8, 4) is 11.3 Å². The molecule has 4 rings (SSSR count). The molecule has 1 aromatic carbocycles. The molecule has 25 heavy (non-hydrogen) atoms. The van der Waals surface area contributed by atoms with E-state index in [4.69, 9.17) is 4.98 Å². The number of hydrogen-bond acceptors (Lipinski definition) is 3. The molecule has 5 nitrogen and oxygen atoms in total. The van der Waals surface area contributed by atoms with Gasteiger partial charge in [0.25, 0.3) is 5.91 Å². The second-order valence-electron chi connectivity index (χ2n) is 6.56. The average molecular weight is 334 g/mol. The highest BCUT2D eigenvalue weighted by atomic mass is 16.2. The van der Waals surface area contributed by atoms with E-state index < -0.39 is 0 Å².